The van der Waals surface area contributed by atoms with Gasteiger partial charge >= 0.3 is 0 Å². The van der Waals surface area contributed by atoms with Gasteiger partial charge in [0, 0.05) is 57.0 Å². The molecule has 0 saturated heterocycles. The molecule has 0 aliphatic rings. The lowest BCUT2D eigenvalue weighted by Crippen LogP contribution is -2.11. The molecule has 3 heteroatoms. The van der Waals surface area contributed by atoms with Gasteiger partial charge in [-0.2, -0.15) is 0 Å². The summed E-state index contributed by atoms with van der Waals surface area (Å²) in [4.78, 5) is 2.46. The van der Waals surface area contributed by atoms with Crippen LogP contribution in [0.1, 0.15) is 0 Å². The summed E-state index contributed by atoms with van der Waals surface area (Å²) in [6.07, 6.45) is 0. The van der Waals surface area contributed by atoms with E-state index in [0.717, 1.165) is 11.4 Å². The first-order chi connectivity index (χ1) is 21.3. The van der Waals surface area contributed by atoms with Gasteiger partial charge in [-0.3, -0.25) is 0 Å². The van der Waals surface area contributed by atoms with Crippen LogP contribution in [-0.2, 0) is 0 Å². The van der Waals surface area contributed by atoms with Crippen molar-refractivity contribution in [2.24, 2.45) is 0 Å². The molecular weight excluding hydrogens is 559 g/mol. The fourth-order valence-electron chi connectivity index (χ4n) is 6.47. The topological polar surface area (TPSA) is 3.24 Å². The predicted molar refractivity (Wildman–Crippen MR) is 190 cm³/mol. The van der Waals surface area contributed by atoms with Gasteiger partial charge in [-0.25, -0.2) is 0 Å². The third kappa shape index (κ3) is 3.97. The van der Waals surface area contributed by atoms with Crippen molar-refractivity contribution in [3.8, 4) is 11.1 Å². The van der Waals surface area contributed by atoms with Crippen molar-refractivity contribution in [2.45, 2.75) is 0 Å². The van der Waals surface area contributed by atoms with Gasteiger partial charge in [-0.15, -0.1) is 22.7 Å². The largest absolute Gasteiger partial charge is 0.309 e. The van der Waals surface area contributed by atoms with E-state index in [1.165, 1.54) is 67.9 Å². The van der Waals surface area contributed by atoms with Crippen LogP contribution in [0, 0.1) is 0 Å². The van der Waals surface area contributed by atoms with E-state index in [9.17, 15) is 0 Å². The SMILES string of the molecule is c1ccc(N(c2ccc3sc4ccccc4c3c2)c2cccc3ccccc23)c(-c2ccc3c(c2)sc2ccccc23)c1. The van der Waals surface area contributed by atoms with Gasteiger partial charge in [0.1, 0.15) is 0 Å². The molecule has 9 aromatic rings. The molecule has 1 nitrogen and oxygen atoms in total. The van der Waals surface area contributed by atoms with Crippen LogP contribution in [0.3, 0.4) is 0 Å². The molecule has 0 atom stereocenters. The maximum atomic E-state index is 2.46. The Morgan fingerprint density at radius 2 is 0.977 bits per heavy atom. The summed E-state index contributed by atoms with van der Waals surface area (Å²) in [5.41, 5.74) is 5.93. The van der Waals surface area contributed by atoms with E-state index in [1.54, 1.807) is 0 Å². The van der Waals surface area contributed by atoms with Gasteiger partial charge in [0.2, 0.25) is 0 Å². The highest BCUT2D eigenvalue weighted by molar-refractivity contribution is 7.26. The van der Waals surface area contributed by atoms with Crippen LogP contribution in [0.25, 0.3) is 62.2 Å². The first-order valence-corrected chi connectivity index (χ1v) is 16.1. The quantitative estimate of drug-likeness (QED) is 0.199. The van der Waals surface area contributed by atoms with Crippen molar-refractivity contribution in [2.75, 3.05) is 4.90 Å². The van der Waals surface area contributed by atoms with Crippen molar-refractivity contribution in [1.29, 1.82) is 0 Å². The molecule has 0 bridgehead atoms. The lowest BCUT2D eigenvalue weighted by Gasteiger charge is -2.29. The van der Waals surface area contributed by atoms with Crippen LogP contribution < -0.4 is 4.90 Å². The second kappa shape index (κ2) is 9.81. The smallest absolute Gasteiger partial charge is 0.0540 e. The molecule has 43 heavy (non-hydrogen) atoms. The summed E-state index contributed by atoms with van der Waals surface area (Å²) in [6, 6.07) is 55.5. The molecule has 9 rings (SSSR count). The zero-order valence-electron chi connectivity index (χ0n) is 23.2. The molecule has 7 aromatic carbocycles. The highest BCUT2D eigenvalue weighted by Gasteiger charge is 2.20. The molecule has 2 heterocycles. The first kappa shape index (κ1) is 24.6. The Balaban J connectivity index is 1.31. The predicted octanol–water partition coefficient (Wildman–Crippen LogP) is 12.7. The molecule has 0 aliphatic carbocycles. The first-order valence-electron chi connectivity index (χ1n) is 14.5. The molecular formula is C40H25NS2. The van der Waals surface area contributed by atoms with E-state index < -0.39 is 0 Å². The van der Waals surface area contributed by atoms with Crippen LogP contribution in [0.2, 0.25) is 0 Å². The Labute approximate surface area is 257 Å². The fourth-order valence-corrected chi connectivity index (χ4v) is 8.70. The van der Waals surface area contributed by atoms with Crippen molar-refractivity contribution < 1.29 is 0 Å². The van der Waals surface area contributed by atoms with E-state index >= 15 is 0 Å². The van der Waals surface area contributed by atoms with Gasteiger partial charge in [0.05, 0.1) is 11.4 Å². The van der Waals surface area contributed by atoms with E-state index in [0.29, 0.717) is 0 Å². The summed E-state index contributed by atoms with van der Waals surface area (Å²) in [5.74, 6) is 0. The number of hydrogen-bond acceptors (Lipinski definition) is 3. The van der Waals surface area contributed by atoms with Crippen molar-refractivity contribution in [3.63, 3.8) is 0 Å². The minimum absolute atomic E-state index is 1.16. The van der Waals surface area contributed by atoms with E-state index in [4.69, 9.17) is 0 Å². The lowest BCUT2D eigenvalue weighted by molar-refractivity contribution is 1.30. The minimum atomic E-state index is 1.16. The normalized spacial score (nSPS) is 11.7. The summed E-state index contributed by atoms with van der Waals surface area (Å²) < 4.78 is 5.28. The van der Waals surface area contributed by atoms with Crippen molar-refractivity contribution in [1.82, 2.24) is 0 Å². The van der Waals surface area contributed by atoms with Gasteiger partial charge in [0.25, 0.3) is 0 Å². The summed E-state index contributed by atoms with van der Waals surface area (Å²) in [6.45, 7) is 0. The average molecular weight is 584 g/mol. The highest BCUT2D eigenvalue weighted by atomic mass is 32.1. The van der Waals surface area contributed by atoms with Gasteiger partial charge < -0.3 is 4.90 Å². The van der Waals surface area contributed by atoms with E-state index in [-0.39, 0.29) is 0 Å². The monoisotopic (exact) mass is 583 g/mol. The van der Waals surface area contributed by atoms with Crippen LogP contribution in [0.15, 0.2) is 152 Å². The number of nitrogens with zero attached hydrogens (tertiary/aromatic N) is 1. The Bertz CT molecular complexity index is 2480. The van der Waals surface area contributed by atoms with Crippen LogP contribution >= 0.6 is 22.7 Å². The fraction of sp³-hybridized carbons (Fsp3) is 0. The zero-order chi connectivity index (χ0) is 28.3. The summed E-state index contributed by atoms with van der Waals surface area (Å²) in [5, 5.41) is 7.73. The van der Waals surface area contributed by atoms with E-state index in [1.807, 2.05) is 22.7 Å². The minimum Gasteiger partial charge on any atom is -0.309 e. The number of anilines is 3. The molecule has 0 saturated carbocycles. The van der Waals surface area contributed by atoms with E-state index in [2.05, 4.69) is 157 Å². The molecule has 0 amide bonds. The van der Waals surface area contributed by atoms with Gasteiger partial charge in [-0.05, 0) is 59.5 Å². The van der Waals surface area contributed by atoms with Crippen molar-refractivity contribution >= 4 is 90.9 Å². The number of rotatable bonds is 4. The molecule has 0 fully saturated rings. The van der Waals surface area contributed by atoms with Crippen LogP contribution in [0.5, 0.6) is 0 Å². The Kier molecular flexibility index (Phi) is 5.62. The Morgan fingerprint density at radius 1 is 0.372 bits per heavy atom. The van der Waals surface area contributed by atoms with Gasteiger partial charge in [0.15, 0.2) is 0 Å². The summed E-state index contributed by atoms with van der Waals surface area (Å²) >= 11 is 3.73. The molecule has 2 aromatic heterocycles. The Hall–Kier alpha value is -4.96. The maximum absolute atomic E-state index is 2.46. The number of hydrogen-bond donors (Lipinski definition) is 0. The lowest BCUT2D eigenvalue weighted by atomic mass is 9.99. The molecule has 0 spiro atoms. The number of para-hydroxylation sites is 1. The second-order valence-corrected chi connectivity index (χ2v) is 13.1. The molecule has 0 radical (unpaired) electrons. The summed E-state index contributed by atoms with van der Waals surface area (Å²) in [7, 11) is 0. The van der Waals surface area contributed by atoms with Crippen LogP contribution in [-0.4, -0.2) is 0 Å². The second-order valence-electron chi connectivity index (χ2n) is 10.9. The van der Waals surface area contributed by atoms with Crippen LogP contribution in [0.4, 0.5) is 17.1 Å². The third-order valence-corrected chi connectivity index (χ3v) is 10.7. The molecule has 202 valence electrons. The zero-order valence-corrected chi connectivity index (χ0v) is 24.8. The van der Waals surface area contributed by atoms with Gasteiger partial charge in [-0.1, -0.05) is 103 Å². The molecule has 0 aliphatic heterocycles. The highest BCUT2D eigenvalue weighted by Crippen LogP contribution is 2.46. The number of fused-ring (bicyclic) bond motifs is 7. The number of thiophene rings is 2. The molecule has 0 N–H and O–H groups in total. The molecule has 0 unspecified atom stereocenters. The standard InChI is InChI=1S/C40H25NS2/c1-2-12-29-26(10-1)11-9-17-36(29)41(28-21-23-39-34(25-28)32-15-5-8-19-38(32)42-39)35-16-6-3-13-30(35)27-20-22-33-31-14-4-7-18-37(31)43-40(33)24-27/h1-25H. The van der Waals surface area contributed by atoms with Crippen molar-refractivity contribution in [3.05, 3.63) is 152 Å². The number of benzene rings is 7. The third-order valence-electron chi connectivity index (χ3n) is 8.46. The maximum Gasteiger partial charge on any atom is 0.0540 e. The average Bonchev–Trinajstić information content (AvgIpc) is 3.63. The Morgan fingerprint density at radius 3 is 1.84 bits per heavy atom.